The van der Waals surface area contributed by atoms with Gasteiger partial charge in [-0.25, -0.2) is 4.79 Å². The largest absolute Gasteiger partial charge is 0.467 e. The summed E-state index contributed by atoms with van der Waals surface area (Å²) in [5, 5.41) is 41.2. The molecule has 26 heavy (non-hydrogen) atoms. The molecule has 3 rings (SSSR count). The first-order valence-electron chi connectivity index (χ1n) is 8.13. The molecular formula is C17H20BrNO7. The van der Waals surface area contributed by atoms with Crippen LogP contribution in [0, 0.1) is 0 Å². The predicted molar refractivity (Wildman–Crippen MR) is 92.1 cm³/mol. The summed E-state index contributed by atoms with van der Waals surface area (Å²) in [6.07, 6.45) is -5.09. The van der Waals surface area contributed by atoms with Gasteiger partial charge in [-0.3, -0.25) is 4.79 Å². The summed E-state index contributed by atoms with van der Waals surface area (Å²) >= 11 is 3.28. The van der Waals surface area contributed by atoms with Crippen LogP contribution in [0.25, 0.3) is 0 Å². The Balaban J connectivity index is 2.03. The zero-order valence-corrected chi connectivity index (χ0v) is 15.5. The van der Waals surface area contributed by atoms with Gasteiger partial charge in [0.15, 0.2) is 0 Å². The van der Waals surface area contributed by atoms with Crippen molar-refractivity contribution in [2.45, 2.75) is 48.8 Å². The fraction of sp³-hybridized carbons (Fsp3) is 0.529. The van der Waals surface area contributed by atoms with Gasteiger partial charge in [-0.05, 0) is 30.7 Å². The third-order valence-electron chi connectivity index (χ3n) is 5.26. The molecule has 1 aliphatic carbocycles. The van der Waals surface area contributed by atoms with Crippen LogP contribution in [0.3, 0.4) is 0 Å². The molecule has 1 aromatic rings. The molecule has 0 aromatic heterocycles. The van der Waals surface area contributed by atoms with E-state index in [1.165, 1.54) is 0 Å². The molecular weight excluding hydrogens is 410 g/mol. The van der Waals surface area contributed by atoms with Gasteiger partial charge in [0.1, 0.15) is 23.9 Å². The molecule has 1 aromatic carbocycles. The van der Waals surface area contributed by atoms with Crippen molar-refractivity contribution in [1.29, 1.82) is 0 Å². The number of carbonyl (C=O) groups is 2. The smallest absolute Gasteiger partial charge is 0.328 e. The van der Waals surface area contributed by atoms with E-state index >= 15 is 0 Å². The Kier molecular flexibility index (Phi) is 5.11. The summed E-state index contributed by atoms with van der Waals surface area (Å²) in [4.78, 5) is 26.4. The number of ether oxygens (including phenoxy) is 1. The summed E-state index contributed by atoms with van der Waals surface area (Å²) in [5.41, 5.74) is -1.65. The fourth-order valence-corrected chi connectivity index (χ4v) is 4.13. The number of fused-ring (bicyclic) bond motifs is 1. The van der Waals surface area contributed by atoms with Crippen LogP contribution in [0.2, 0.25) is 0 Å². The molecule has 2 aliphatic rings. The highest BCUT2D eigenvalue weighted by molar-refractivity contribution is 9.10. The lowest BCUT2D eigenvalue weighted by Gasteiger charge is -2.45. The molecule has 6 atom stereocenters. The number of carbonyl (C=O) groups excluding carboxylic acids is 2. The minimum absolute atomic E-state index is 0.176. The molecule has 0 radical (unpaired) electrons. The first-order valence-corrected chi connectivity index (χ1v) is 8.92. The number of benzene rings is 1. The van der Waals surface area contributed by atoms with Gasteiger partial charge >= 0.3 is 5.97 Å². The van der Waals surface area contributed by atoms with Crippen LogP contribution < -0.4 is 0 Å². The molecule has 1 aliphatic heterocycles. The molecule has 9 heteroatoms. The summed E-state index contributed by atoms with van der Waals surface area (Å²) in [6, 6.07) is 4.26. The van der Waals surface area contributed by atoms with Crippen LogP contribution in [0.5, 0.6) is 0 Å². The second-order valence-electron chi connectivity index (χ2n) is 6.71. The first-order chi connectivity index (χ1) is 12.2. The number of hydrogen-bond acceptors (Lipinski definition) is 7. The van der Waals surface area contributed by atoms with Crippen LogP contribution >= 0.6 is 15.9 Å². The van der Waals surface area contributed by atoms with E-state index in [-0.39, 0.29) is 18.4 Å². The zero-order valence-electron chi connectivity index (χ0n) is 13.9. The standard InChI is InChI=1S/C17H20BrNO7/c1-26-16(24)10-7-17(25)12(6-11(20)13(21)14(17)22)19(10)15(23)8-2-4-9(18)5-3-8/h2-5,10-14,20-22,25H,6-7H2,1H3/t10-,11+,12+,13-,14-,17-/m1/s1. The maximum atomic E-state index is 13.0. The van der Waals surface area contributed by atoms with E-state index in [0.717, 1.165) is 16.5 Å². The van der Waals surface area contributed by atoms with E-state index in [1.54, 1.807) is 24.3 Å². The molecule has 1 saturated heterocycles. The van der Waals surface area contributed by atoms with Crippen LogP contribution in [0.1, 0.15) is 23.2 Å². The van der Waals surface area contributed by atoms with Crippen molar-refractivity contribution < 1.29 is 34.8 Å². The van der Waals surface area contributed by atoms with Gasteiger partial charge in [-0.2, -0.15) is 0 Å². The molecule has 0 bridgehead atoms. The van der Waals surface area contributed by atoms with Crippen molar-refractivity contribution >= 4 is 27.8 Å². The van der Waals surface area contributed by atoms with Crippen LogP contribution in [-0.2, 0) is 9.53 Å². The van der Waals surface area contributed by atoms with Crippen LogP contribution in [0.4, 0.5) is 0 Å². The number of hydrogen-bond donors (Lipinski definition) is 4. The lowest BCUT2D eigenvalue weighted by atomic mass is 9.75. The van der Waals surface area contributed by atoms with Gasteiger partial charge in [0, 0.05) is 16.5 Å². The summed E-state index contributed by atoms with van der Waals surface area (Å²) < 4.78 is 5.52. The Hall–Kier alpha value is -1.52. The van der Waals surface area contributed by atoms with Gasteiger partial charge < -0.3 is 30.1 Å². The predicted octanol–water partition coefficient (Wildman–Crippen LogP) is -0.577. The summed E-state index contributed by atoms with van der Waals surface area (Å²) in [5.74, 6) is -1.28. The quantitative estimate of drug-likeness (QED) is 0.463. The normalized spacial score (nSPS) is 36.5. The average Bonchev–Trinajstić information content (AvgIpc) is 2.93. The van der Waals surface area contributed by atoms with Crippen molar-refractivity contribution in [3.63, 3.8) is 0 Å². The van der Waals surface area contributed by atoms with E-state index in [9.17, 15) is 30.0 Å². The van der Waals surface area contributed by atoms with Gasteiger partial charge in [0.25, 0.3) is 5.91 Å². The number of methoxy groups -OCH3 is 1. The molecule has 2 fully saturated rings. The van der Waals surface area contributed by atoms with Gasteiger partial charge in [0.2, 0.25) is 0 Å². The number of halogens is 1. The molecule has 0 unspecified atom stereocenters. The van der Waals surface area contributed by atoms with E-state index < -0.39 is 47.9 Å². The highest BCUT2D eigenvalue weighted by Gasteiger charge is 2.64. The number of amides is 1. The zero-order chi connectivity index (χ0) is 19.2. The number of esters is 1. The van der Waals surface area contributed by atoms with Crippen LogP contribution in [-0.4, -0.2) is 80.3 Å². The average molecular weight is 430 g/mol. The Morgan fingerprint density at radius 1 is 1.23 bits per heavy atom. The van der Waals surface area contributed by atoms with E-state index in [2.05, 4.69) is 15.9 Å². The molecule has 8 nitrogen and oxygen atoms in total. The maximum Gasteiger partial charge on any atom is 0.328 e. The third-order valence-corrected chi connectivity index (χ3v) is 5.79. The Bertz CT molecular complexity index is 712. The van der Waals surface area contributed by atoms with Crippen molar-refractivity contribution in [1.82, 2.24) is 4.90 Å². The molecule has 1 saturated carbocycles. The van der Waals surface area contributed by atoms with Gasteiger partial charge in [-0.15, -0.1) is 0 Å². The SMILES string of the molecule is COC(=O)[C@H]1C[C@]2(O)[C@H](O)[C@H](O)[C@@H](O)C[C@@H]2N1C(=O)c1ccc(Br)cc1. The number of aliphatic hydroxyl groups is 4. The third kappa shape index (κ3) is 2.93. The summed E-state index contributed by atoms with van der Waals surface area (Å²) in [6.45, 7) is 0. The number of aliphatic hydroxyl groups excluding tert-OH is 3. The first kappa shape index (κ1) is 19.2. The van der Waals surface area contributed by atoms with E-state index in [4.69, 9.17) is 4.74 Å². The van der Waals surface area contributed by atoms with Crippen molar-refractivity contribution in [3.8, 4) is 0 Å². The van der Waals surface area contributed by atoms with Crippen molar-refractivity contribution in [3.05, 3.63) is 34.3 Å². The molecule has 4 N–H and O–H groups in total. The molecule has 0 spiro atoms. The van der Waals surface area contributed by atoms with Gasteiger partial charge in [0.05, 0.1) is 19.3 Å². The highest BCUT2D eigenvalue weighted by Crippen LogP contribution is 2.44. The molecule has 1 heterocycles. The number of likely N-dealkylation sites (tertiary alicyclic amines) is 1. The topological polar surface area (TPSA) is 128 Å². The molecule has 1 amide bonds. The Labute approximate surface area is 158 Å². The lowest BCUT2D eigenvalue weighted by molar-refractivity contribution is -0.194. The number of nitrogens with zero attached hydrogens (tertiary/aromatic N) is 1. The Morgan fingerprint density at radius 2 is 1.85 bits per heavy atom. The maximum absolute atomic E-state index is 13.0. The Morgan fingerprint density at radius 3 is 2.42 bits per heavy atom. The van der Waals surface area contributed by atoms with E-state index in [0.29, 0.717) is 0 Å². The number of rotatable bonds is 2. The molecule has 142 valence electrons. The minimum Gasteiger partial charge on any atom is -0.467 e. The van der Waals surface area contributed by atoms with Gasteiger partial charge in [-0.1, -0.05) is 15.9 Å². The highest BCUT2D eigenvalue weighted by atomic mass is 79.9. The minimum atomic E-state index is -1.93. The van der Waals surface area contributed by atoms with Crippen molar-refractivity contribution in [2.75, 3.05) is 7.11 Å². The fourth-order valence-electron chi connectivity index (χ4n) is 3.87. The summed E-state index contributed by atoms with van der Waals surface area (Å²) in [7, 11) is 1.16. The van der Waals surface area contributed by atoms with E-state index in [1.807, 2.05) is 0 Å². The monoisotopic (exact) mass is 429 g/mol. The lowest BCUT2D eigenvalue weighted by Crippen LogP contribution is -2.65. The van der Waals surface area contributed by atoms with Crippen LogP contribution in [0.15, 0.2) is 28.7 Å². The second kappa shape index (κ2) is 6.90. The van der Waals surface area contributed by atoms with Crippen molar-refractivity contribution in [2.24, 2.45) is 0 Å². The second-order valence-corrected chi connectivity index (χ2v) is 7.62.